The van der Waals surface area contributed by atoms with Crippen LogP contribution in [-0.4, -0.2) is 50.3 Å². The van der Waals surface area contributed by atoms with E-state index in [0.29, 0.717) is 0 Å². The van der Waals surface area contributed by atoms with E-state index < -0.39 is 0 Å². The third-order valence-corrected chi connectivity index (χ3v) is 4.31. The van der Waals surface area contributed by atoms with Crippen molar-refractivity contribution in [1.29, 1.82) is 0 Å². The highest BCUT2D eigenvalue weighted by atomic mass is 16.5. The van der Waals surface area contributed by atoms with Crippen molar-refractivity contribution in [2.75, 3.05) is 38.2 Å². The summed E-state index contributed by atoms with van der Waals surface area (Å²) in [6, 6.07) is 4.22. The first-order valence-electron chi connectivity index (χ1n) is 9.34. The summed E-state index contributed by atoms with van der Waals surface area (Å²) in [6.07, 6.45) is 4.60. The van der Waals surface area contributed by atoms with Crippen LogP contribution in [0.5, 0.6) is 0 Å². The Kier molecular flexibility index (Phi) is 7.98. The van der Waals surface area contributed by atoms with Gasteiger partial charge in [0.2, 0.25) is 0 Å². The van der Waals surface area contributed by atoms with Crippen LogP contribution >= 0.6 is 0 Å². The molecule has 1 saturated heterocycles. The van der Waals surface area contributed by atoms with Crippen LogP contribution in [0.1, 0.15) is 39.2 Å². The number of aliphatic imine (C=N–C) groups is 1. The fourth-order valence-corrected chi connectivity index (χ4v) is 2.86. The zero-order valence-corrected chi connectivity index (χ0v) is 16.1. The van der Waals surface area contributed by atoms with Crippen molar-refractivity contribution >= 4 is 11.8 Å². The maximum Gasteiger partial charge on any atom is 0.191 e. The number of hydrogen-bond acceptors (Lipinski definition) is 4. The van der Waals surface area contributed by atoms with Crippen molar-refractivity contribution in [1.82, 2.24) is 15.6 Å². The molecule has 0 amide bonds. The van der Waals surface area contributed by atoms with Gasteiger partial charge in [0.05, 0.1) is 12.7 Å². The molecule has 1 atom stereocenters. The highest BCUT2D eigenvalue weighted by Gasteiger charge is 2.17. The molecule has 2 rings (SSSR count). The lowest BCUT2D eigenvalue weighted by Crippen LogP contribution is -2.41. The summed E-state index contributed by atoms with van der Waals surface area (Å²) in [7, 11) is 1.80. The first-order chi connectivity index (χ1) is 12.1. The molecule has 1 unspecified atom stereocenters. The van der Waals surface area contributed by atoms with E-state index >= 15 is 0 Å². The van der Waals surface area contributed by atoms with Crippen LogP contribution in [-0.2, 0) is 11.3 Å². The number of hydrogen-bond donors (Lipinski definition) is 2. The molecule has 1 aliphatic heterocycles. The van der Waals surface area contributed by atoms with Crippen LogP contribution in [0.4, 0.5) is 5.82 Å². The third kappa shape index (κ3) is 6.90. The van der Waals surface area contributed by atoms with Crippen molar-refractivity contribution in [3.8, 4) is 0 Å². The topological polar surface area (TPSA) is 61.8 Å². The highest BCUT2D eigenvalue weighted by Crippen LogP contribution is 2.15. The predicted molar refractivity (Wildman–Crippen MR) is 104 cm³/mol. The number of guanidine groups is 1. The van der Waals surface area contributed by atoms with Gasteiger partial charge in [-0.15, -0.1) is 0 Å². The largest absolute Gasteiger partial charge is 0.375 e. The van der Waals surface area contributed by atoms with Crippen molar-refractivity contribution in [3.63, 3.8) is 0 Å². The predicted octanol–water partition coefficient (Wildman–Crippen LogP) is 2.41. The number of ether oxygens (including phenoxy) is 1. The Balaban J connectivity index is 1.76. The fourth-order valence-electron chi connectivity index (χ4n) is 2.86. The molecule has 0 spiro atoms. The number of rotatable bonds is 7. The van der Waals surface area contributed by atoms with E-state index in [1.165, 1.54) is 6.42 Å². The van der Waals surface area contributed by atoms with E-state index in [-0.39, 0.29) is 6.10 Å². The van der Waals surface area contributed by atoms with E-state index in [1.54, 1.807) is 7.05 Å². The summed E-state index contributed by atoms with van der Waals surface area (Å²) in [5.74, 6) is 2.61. The van der Waals surface area contributed by atoms with Gasteiger partial charge < -0.3 is 20.3 Å². The van der Waals surface area contributed by atoms with E-state index in [0.717, 1.165) is 62.5 Å². The summed E-state index contributed by atoms with van der Waals surface area (Å²) in [5, 5.41) is 6.70. The van der Waals surface area contributed by atoms with Gasteiger partial charge in [0.25, 0.3) is 0 Å². The van der Waals surface area contributed by atoms with Crippen molar-refractivity contribution in [3.05, 3.63) is 23.9 Å². The molecule has 1 aliphatic rings. The monoisotopic (exact) mass is 347 g/mol. The van der Waals surface area contributed by atoms with Crippen LogP contribution in [0.2, 0.25) is 0 Å². The molecule has 2 N–H and O–H groups in total. The SMILES string of the molecule is CN=C(NCCCC(C)C)NCc1ccc(N2CCOC(C)C2)nc1. The summed E-state index contributed by atoms with van der Waals surface area (Å²) in [6.45, 7) is 10.8. The minimum atomic E-state index is 0.266. The Morgan fingerprint density at radius 1 is 1.40 bits per heavy atom. The van der Waals surface area contributed by atoms with Gasteiger partial charge in [-0.25, -0.2) is 4.98 Å². The molecule has 1 fully saturated rings. The second-order valence-corrected chi connectivity index (χ2v) is 7.04. The van der Waals surface area contributed by atoms with Gasteiger partial charge in [-0.2, -0.15) is 0 Å². The molecule has 6 heteroatoms. The van der Waals surface area contributed by atoms with Gasteiger partial charge in [-0.1, -0.05) is 19.9 Å². The molecule has 25 heavy (non-hydrogen) atoms. The number of morpholine rings is 1. The molecule has 0 aliphatic carbocycles. The van der Waals surface area contributed by atoms with E-state index in [4.69, 9.17) is 4.74 Å². The highest BCUT2D eigenvalue weighted by molar-refractivity contribution is 5.79. The maximum atomic E-state index is 5.58. The van der Waals surface area contributed by atoms with Gasteiger partial charge in [-0.05, 0) is 37.3 Å². The normalized spacial score (nSPS) is 18.5. The quantitative estimate of drug-likeness (QED) is 0.451. The van der Waals surface area contributed by atoms with Crippen LogP contribution < -0.4 is 15.5 Å². The first-order valence-corrected chi connectivity index (χ1v) is 9.34. The molecule has 140 valence electrons. The molecule has 1 aromatic heterocycles. The van der Waals surface area contributed by atoms with Crippen LogP contribution in [0, 0.1) is 5.92 Å². The molecule has 6 nitrogen and oxygen atoms in total. The van der Waals surface area contributed by atoms with Gasteiger partial charge in [0.1, 0.15) is 5.82 Å². The smallest absolute Gasteiger partial charge is 0.191 e. The molecule has 1 aromatic rings. The van der Waals surface area contributed by atoms with Gasteiger partial charge in [-0.3, -0.25) is 4.99 Å². The Morgan fingerprint density at radius 2 is 2.24 bits per heavy atom. The average Bonchev–Trinajstić information content (AvgIpc) is 2.61. The van der Waals surface area contributed by atoms with E-state index in [2.05, 4.69) is 58.4 Å². The van der Waals surface area contributed by atoms with Gasteiger partial charge >= 0.3 is 0 Å². The molecule has 0 saturated carbocycles. The van der Waals surface area contributed by atoms with Crippen molar-refractivity contribution in [2.45, 2.75) is 46.3 Å². The van der Waals surface area contributed by atoms with Crippen molar-refractivity contribution < 1.29 is 4.74 Å². The summed E-state index contributed by atoms with van der Waals surface area (Å²) in [5.41, 5.74) is 1.15. The minimum absolute atomic E-state index is 0.266. The Labute approximate surface area is 152 Å². The Hall–Kier alpha value is -1.82. The minimum Gasteiger partial charge on any atom is -0.375 e. The second-order valence-electron chi connectivity index (χ2n) is 7.04. The third-order valence-electron chi connectivity index (χ3n) is 4.31. The number of aromatic nitrogens is 1. The molecular formula is C19H33N5O. The first kappa shape index (κ1) is 19.5. The molecule has 0 radical (unpaired) electrons. The number of nitrogens with one attached hydrogen (secondary N) is 2. The molecule has 0 aromatic carbocycles. The standard InChI is InChI=1S/C19H33N5O/c1-15(2)6-5-9-21-19(20-4)23-13-17-7-8-18(22-12-17)24-10-11-25-16(3)14-24/h7-8,12,15-16H,5-6,9-11,13-14H2,1-4H3,(H2,20,21,23). The Bertz CT molecular complexity index is 529. The van der Waals surface area contributed by atoms with Crippen LogP contribution in [0.15, 0.2) is 23.3 Å². The zero-order valence-electron chi connectivity index (χ0n) is 16.1. The fraction of sp³-hybridized carbons (Fsp3) is 0.684. The lowest BCUT2D eigenvalue weighted by atomic mass is 10.1. The average molecular weight is 348 g/mol. The van der Waals surface area contributed by atoms with Crippen LogP contribution in [0.25, 0.3) is 0 Å². The zero-order chi connectivity index (χ0) is 18.1. The lowest BCUT2D eigenvalue weighted by molar-refractivity contribution is 0.0529. The van der Waals surface area contributed by atoms with Crippen molar-refractivity contribution in [2.24, 2.45) is 10.9 Å². The van der Waals surface area contributed by atoms with Gasteiger partial charge in [0.15, 0.2) is 5.96 Å². The summed E-state index contributed by atoms with van der Waals surface area (Å²) in [4.78, 5) is 11.2. The number of anilines is 1. The second kappa shape index (κ2) is 10.2. The number of pyridine rings is 1. The lowest BCUT2D eigenvalue weighted by Gasteiger charge is -2.32. The summed E-state index contributed by atoms with van der Waals surface area (Å²) < 4.78 is 5.58. The van der Waals surface area contributed by atoms with E-state index in [9.17, 15) is 0 Å². The van der Waals surface area contributed by atoms with Crippen LogP contribution in [0.3, 0.4) is 0 Å². The molecule has 2 heterocycles. The Morgan fingerprint density at radius 3 is 2.88 bits per heavy atom. The maximum absolute atomic E-state index is 5.58. The summed E-state index contributed by atoms with van der Waals surface area (Å²) >= 11 is 0. The molecule has 0 bridgehead atoms. The molecular weight excluding hydrogens is 314 g/mol. The van der Waals surface area contributed by atoms with E-state index in [1.807, 2.05) is 6.20 Å². The number of nitrogens with zero attached hydrogens (tertiary/aromatic N) is 3. The van der Waals surface area contributed by atoms with Gasteiger partial charge in [0, 0.05) is 39.4 Å².